The molecule has 0 bridgehead atoms. The van der Waals surface area contributed by atoms with Crippen molar-refractivity contribution < 1.29 is 14.5 Å². The van der Waals surface area contributed by atoms with Crippen LogP contribution in [0.2, 0.25) is 0 Å². The highest BCUT2D eigenvalue weighted by Gasteiger charge is 2.38. The number of halogens is 1. The number of nitro groups is 1. The highest BCUT2D eigenvalue weighted by Crippen LogP contribution is 2.43. The normalized spacial score (nSPS) is 19.1. The fourth-order valence-corrected chi connectivity index (χ4v) is 4.38. The number of Topliss-reactive ketones (excluding diaryl/α,β-unsaturated/α-hetero) is 2. The van der Waals surface area contributed by atoms with E-state index in [1.54, 1.807) is 12.1 Å². The Morgan fingerprint density at radius 2 is 2.07 bits per heavy atom. The van der Waals surface area contributed by atoms with Gasteiger partial charge < -0.3 is 5.32 Å². The lowest BCUT2D eigenvalue weighted by molar-refractivity contribution is -0.384. The van der Waals surface area contributed by atoms with E-state index in [1.807, 2.05) is 6.92 Å². The molecule has 1 aliphatic carbocycles. The summed E-state index contributed by atoms with van der Waals surface area (Å²) in [6, 6.07) is 6.29. The number of non-ortho nitro benzene ring substituents is 1. The van der Waals surface area contributed by atoms with Crippen molar-refractivity contribution in [1.82, 2.24) is 5.32 Å². The number of benzene rings is 1. The van der Waals surface area contributed by atoms with Crippen LogP contribution in [-0.2, 0) is 9.59 Å². The van der Waals surface area contributed by atoms with Gasteiger partial charge in [0.05, 0.1) is 4.92 Å². The fourth-order valence-electron chi connectivity index (χ4n) is 4.20. The molecule has 0 spiro atoms. The zero-order chi connectivity index (χ0) is 21.0. The summed E-state index contributed by atoms with van der Waals surface area (Å²) < 4.78 is 0. The summed E-state index contributed by atoms with van der Waals surface area (Å²) in [5, 5.41) is 14.6. The first kappa shape index (κ1) is 21.2. The van der Waals surface area contributed by atoms with Crippen molar-refractivity contribution in [3.8, 4) is 0 Å². The van der Waals surface area contributed by atoms with E-state index in [2.05, 4.69) is 5.32 Å². The second-order valence-corrected chi connectivity index (χ2v) is 7.92. The Balaban J connectivity index is 2.03. The highest BCUT2D eigenvalue weighted by atomic mass is 35.5. The second-order valence-electron chi connectivity index (χ2n) is 7.54. The summed E-state index contributed by atoms with van der Waals surface area (Å²) in [4.78, 5) is 36.8. The monoisotopic (exact) mass is 416 g/mol. The minimum absolute atomic E-state index is 0.00944. The van der Waals surface area contributed by atoms with Crippen LogP contribution in [-0.4, -0.2) is 22.4 Å². The van der Waals surface area contributed by atoms with E-state index in [4.69, 9.17) is 11.6 Å². The number of ketones is 2. The lowest BCUT2D eigenvalue weighted by Gasteiger charge is -2.34. The Morgan fingerprint density at radius 3 is 2.79 bits per heavy atom. The van der Waals surface area contributed by atoms with Gasteiger partial charge in [0.15, 0.2) is 11.6 Å². The predicted octanol–water partition coefficient (Wildman–Crippen LogP) is 4.93. The molecule has 1 atom stereocenters. The molecule has 0 radical (unpaired) electrons. The molecule has 154 valence electrons. The van der Waals surface area contributed by atoms with Crippen LogP contribution in [0.3, 0.4) is 0 Å². The third-order valence-corrected chi connectivity index (χ3v) is 5.80. The van der Waals surface area contributed by atoms with Gasteiger partial charge in [0.2, 0.25) is 0 Å². The van der Waals surface area contributed by atoms with Crippen molar-refractivity contribution in [3.63, 3.8) is 0 Å². The third-order valence-electron chi connectivity index (χ3n) is 5.53. The largest absolute Gasteiger partial charge is 0.362 e. The molecule has 29 heavy (non-hydrogen) atoms. The topological polar surface area (TPSA) is 89.3 Å². The summed E-state index contributed by atoms with van der Waals surface area (Å²) in [7, 11) is 0. The Hall–Kier alpha value is -2.47. The lowest BCUT2D eigenvalue weighted by atomic mass is 9.73. The lowest BCUT2D eigenvalue weighted by Crippen LogP contribution is -2.33. The molecule has 3 rings (SSSR count). The molecule has 0 aromatic heterocycles. The average molecular weight is 417 g/mol. The first-order valence-electron chi connectivity index (χ1n) is 10.0. The summed E-state index contributed by atoms with van der Waals surface area (Å²) in [5.74, 6) is -0.000837. The molecule has 0 amide bonds. The minimum atomic E-state index is -0.556. The molecule has 1 N–H and O–H groups in total. The van der Waals surface area contributed by atoms with Gasteiger partial charge in [0.25, 0.3) is 5.69 Å². The molecule has 1 unspecified atom stereocenters. The van der Waals surface area contributed by atoms with Gasteiger partial charge in [-0.2, -0.15) is 0 Å². The molecule has 0 saturated heterocycles. The van der Waals surface area contributed by atoms with E-state index in [-0.39, 0.29) is 17.3 Å². The van der Waals surface area contributed by atoms with E-state index in [0.29, 0.717) is 35.4 Å². The Labute approximate surface area is 175 Å². The summed E-state index contributed by atoms with van der Waals surface area (Å²) in [5.41, 5.74) is 3.29. The van der Waals surface area contributed by atoms with Crippen molar-refractivity contribution in [2.45, 2.75) is 57.8 Å². The number of unbranched alkanes of at least 4 members (excludes halogenated alkanes) is 2. The molecule has 2 aliphatic rings. The number of hydrogen-bond acceptors (Lipinski definition) is 5. The number of nitrogens with one attached hydrogen (secondary N) is 1. The molecule has 1 aliphatic heterocycles. The Bertz CT molecular complexity index is 904. The molecule has 0 saturated carbocycles. The summed E-state index contributed by atoms with van der Waals surface area (Å²) in [6.45, 7) is 1.85. The van der Waals surface area contributed by atoms with Gasteiger partial charge in [-0.1, -0.05) is 18.6 Å². The SMILES string of the molecule is CC1=C(C(=O)CCCCCCl)C(c2cccc([N+](=O)[O-])c2)C2=C(CCCC2=O)N1. The number of alkyl halides is 1. The molecule has 1 aromatic rings. The number of allylic oxidation sites excluding steroid dienone is 4. The van der Waals surface area contributed by atoms with Crippen LogP contribution in [0.5, 0.6) is 0 Å². The fraction of sp³-hybridized carbons (Fsp3) is 0.455. The molecule has 0 fully saturated rings. The minimum Gasteiger partial charge on any atom is -0.362 e. The van der Waals surface area contributed by atoms with Gasteiger partial charge in [-0.25, -0.2) is 0 Å². The number of rotatable bonds is 8. The molecule has 1 aromatic carbocycles. The van der Waals surface area contributed by atoms with Crippen LogP contribution in [0.25, 0.3) is 0 Å². The number of hydrogen-bond donors (Lipinski definition) is 1. The zero-order valence-corrected chi connectivity index (χ0v) is 17.3. The van der Waals surface area contributed by atoms with Crippen molar-refractivity contribution >= 4 is 28.9 Å². The van der Waals surface area contributed by atoms with Crippen molar-refractivity contribution in [2.24, 2.45) is 0 Å². The number of dihydropyridines is 1. The van der Waals surface area contributed by atoms with Crippen molar-refractivity contribution in [2.75, 3.05) is 5.88 Å². The van der Waals surface area contributed by atoms with Crippen molar-refractivity contribution in [3.05, 3.63) is 62.5 Å². The molecule has 7 heteroatoms. The number of nitro benzene ring substituents is 1. The van der Waals surface area contributed by atoms with E-state index >= 15 is 0 Å². The molecule has 6 nitrogen and oxygen atoms in total. The van der Waals surface area contributed by atoms with Crippen LogP contribution in [0, 0.1) is 10.1 Å². The summed E-state index contributed by atoms with van der Waals surface area (Å²) in [6.07, 6.45) is 4.75. The van der Waals surface area contributed by atoms with Crippen LogP contribution >= 0.6 is 11.6 Å². The van der Waals surface area contributed by atoms with E-state index < -0.39 is 10.8 Å². The van der Waals surface area contributed by atoms with Gasteiger partial charge in [-0.3, -0.25) is 19.7 Å². The maximum Gasteiger partial charge on any atom is 0.269 e. The number of carbonyl (C=O) groups excluding carboxylic acids is 2. The van der Waals surface area contributed by atoms with E-state index in [0.717, 1.165) is 43.5 Å². The molecular weight excluding hydrogens is 392 g/mol. The maximum absolute atomic E-state index is 13.2. The Morgan fingerprint density at radius 1 is 1.28 bits per heavy atom. The van der Waals surface area contributed by atoms with Crippen LogP contribution < -0.4 is 5.32 Å². The summed E-state index contributed by atoms with van der Waals surface area (Å²) >= 11 is 5.72. The highest BCUT2D eigenvalue weighted by molar-refractivity contribution is 6.17. The van der Waals surface area contributed by atoms with Crippen molar-refractivity contribution in [1.29, 1.82) is 0 Å². The molecular formula is C22H25ClN2O4. The van der Waals surface area contributed by atoms with Gasteiger partial charge in [0, 0.05) is 59.3 Å². The predicted molar refractivity (Wildman–Crippen MR) is 112 cm³/mol. The first-order chi connectivity index (χ1) is 13.9. The standard InChI is InChI=1S/C22H25ClN2O4/c1-14-20(18(26)10-3-2-4-12-23)21(15-7-5-8-16(13-15)25(28)29)22-17(24-14)9-6-11-19(22)27/h5,7-8,13,21,24H,2-4,6,9-12H2,1H3. The van der Waals surface area contributed by atoms with Gasteiger partial charge in [-0.05, 0) is 38.2 Å². The van der Waals surface area contributed by atoms with Crippen LogP contribution in [0.1, 0.15) is 63.4 Å². The zero-order valence-electron chi connectivity index (χ0n) is 16.5. The second kappa shape index (κ2) is 9.35. The van der Waals surface area contributed by atoms with Gasteiger partial charge in [0.1, 0.15) is 0 Å². The molecule has 1 heterocycles. The van der Waals surface area contributed by atoms with Gasteiger partial charge in [-0.15, -0.1) is 11.6 Å². The number of nitrogens with zero attached hydrogens (tertiary/aromatic N) is 1. The Kier molecular flexibility index (Phi) is 6.85. The number of carbonyl (C=O) groups is 2. The smallest absolute Gasteiger partial charge is 0.269 e. The third kappa shape index (κ3) is 4.58. The maximum atomic E-state index is 13.2. The van der Waals surface area contributed by atoms with Crippen LogP contribution in [0.4, 0.5) is 5.69 Å². The van der Waals surface area contributed by atoms with Gasteiger partial charge >= 0.3 is 0 Å². The van der Waals surface area contributed by atoms with Crippen LogP contribution in [0.15, 0.2) is 46.8 Å². The van der Waals surface area contributed by atoms with E-state index in [9.17, 15) is 19.7 Å². The first-order valence-corrected chi connectivity index (χ1v) is 10.5. The quantitative estimate of drug-likeness (QED) is 0.281. The van der Waals surface area contributed by atoms with E-state index in [1.165, 1.54) is 12.1 Å². The average Bonchev–Trinajstić information content (AvgIpc) is 2.70.